The Labute approximate surface area is 239 Å². The molecule has 2 aromatic heterocycles. The zero-order valence-corrected chi connectivity index (χ0v) is 24.0. The first-order valence-corrected chi connectivity index (χ1v) is 13.3. The first-order chi connectivity index (χ1) is 19.6. The number of halogens is 5. The molecule has 0 aliphatic heterocycles. The number of hydrogen-bond donors (Lipinski definition) is 1. The van der Waals surface area contributed by atoms with Crippen molar-refractivity contribution >= 4 is 16.8 Å². The molecular weight excluding hydrogens is 559 g/mol. The minimum absolute atomic E-state index is 0.183. The lowest BCUT2D eigenvalue weighted by atomic mass is 9.92. The van der Waals surface area contributed by atoms with Gasteiger partial charge in [-0.1, -0.05) is 39.8 Å². The minimum atomic E-state index is -4.57. The Bertz CT molecular complexity index is 1570. The molecule has 0 fully saturated rings. The van der Waals surface area contributed by atoms with E-state index in [1.165, 1.54) is 22.8 Å². The first-order valence-electron chi connectivity index (χ1n) is 13.3. The van der Waals surface area contributed by atoms with E-state index in [1.807, 2.05) is 13.8 Å². The summed E-state index contributed by atoms with van der Waals surface area (Å²) in [4.78, 5) is 24.0. The number of carbonyl (C=O) groups is 1. The lowest BCUT2D eigenvalue weighted by Gasteiger charge is -2.32. The third-order valence-corrected chi connectivity index (χ3v) is 6.42. The van der Waals surface area contributed by atoms with Crippen LogP contribution in [0.15, 0.2) is 71.8 Å². The van der Waals surface area contributed by atoms with E-state index in [4.69, 9.17) is 4.74 Å². The number of ether oxygens (including phenoxy) is 1. The summed E-state index contributed by atoms with van der Waals surface area (Å²) in [5.74, 6) is -5.36. The number of amides is 1. The molecule has 4 rings (SSSR count). The van der Waals surface area contributed by atoms with Crippen LogP contribution < -0.4 is 15.6 Å². The molecule has 1 unspecified atom stereocenters. The van der Waals surface area contributed by atoms with Crippen molar-refractivity contribution in [1.29, 1.82) is 0 Å². The number of rotatable bonds is 8. The van der Waals surface area contributed by atoms with Crippen LogP contribution in [0.3, 0.4) is 0 Å². The third-order valence-electron chi connectivity index (χ3n) is 6.42. The van der Waals surface area contributed by atoms with Crippen LogP contribution in [-0.4, -0.2) is 32.2 Å². The van der Waals surface area contributed by atoms with E-state index in [0.29, 0.717) is 23.5 Å². The number of fused-ring (bicyclic) bond motifs is 1. The fourth-order valence-electron chi connectivity index (χ4n) is 4.22. The second-order valence-electron chi connectivity index (χ2n) is 9.90. The largest absolute Gasteiger partial charge is 0.484 e. The Kier molecular flexibility index (Phi) is 9.80. The maximum atomic E-state index is 13.8. The maximum absolute atomic E-state index is 13.8. The summed E-state index contributed by atoms with van der Waals surface area (Å²) in [5, 5.41) is 7.33. The van der Waals surface area contributed by atoms with Crippen molar-refractivity contribution in [3.05, 3.63) is 88.5 Å². The minimum Gasteiger partial charge on any atom is -0.484 e. The molecule has 2 aromatic carbocycles. The van der Waals surface area contributed by atoms with Gasteiger partial charge in [-0.05, 0) is 47.9 Å². The molecule has 0 bridgehead atoms. The SMILES string of the molecule is CC.CC(C)C(NC(=O)C(C)(F)F)[C@H](Oc1ccc2c(cnn2-c2ccc(=O)n(C)c2)c1)c1ccc(C(F)(F)F)cc1. The average molecular weight is 593 g/mol. The topological polar surface area (TPSA) is 78.2 Å². The molecule has 42 heavy (non-hydrogen) atoms. The van der Waals surface area contributed by atoms with Crippen LogP contribution in [0.1, 0.15) is 51.8 Å². The number of aromatic nitrogens is 3. The second kappa shape index (κ2) is 12.7. The molecule has 2 heterocycles. The Morgan fingerprint density at radius 3 is 2.17 bits per heavy atom. The van der Waals surface area contributed by atoms with Gasteiger partial charge in [0.1, 0.15) is 11.9 Å². The van der Waals surface area contributed by atoms with Gasteiger partial charge in [0.2, 0.25) is 5.56 Å². The summed E-state index contributed by atoms with van der Waals surface area (Å²) in [5.41, 5.74) is 0.505. The van der Waals surface area contributed by atoms with Crippen molar-refractivity contribution < 1.29 is 31.5 Å². The normalized spacial score (nSPS) is 13.3. The van der Waals surface area contributed by atoms with E-state index in [0.717, 1.165) is 12.1 Å². The monoisotopic (exact) mass is 592 g/mol. The van der Waals surface area contributed by atoms with Gasteiger partial charge in [0.15, 0.2) is 0 Å². The fraction of sp³-hybridized carbons (Fsp3) is 0.367. The standard InChI is InChI=1S/C28H27F5N4O3.C2H6/c1-16(2)24(35-26(39)27(3,29)30)25(17-5-7-19(8-6-17)28(31,32)33)40-21-10-11-22-18(13-21)14-34-37(22)20-9-12-23(38)36(4)15-20;1-2/h5-16,24-25H,1-4H3,(H,35,39);1-2H3/t24?,25-;/m1./s1. The first kappa shape index (κ1) is 32.3. The van der Waals surface area contributed by atoms with E-state index < -0.39 is 41.6 Å². The van der Waals surface area contributed by atoms with Gasteiger partial charge in [-0.25, -0.2) is 4.68 Å². The van der Waals surface area contributed by atoms with Gasteiger partial charge in [-0.2, -0.15) is 27.1 Å². The molecule has 1 amide bonds. The number of pyridine rings is 1. The van der Waals surface area contributed by atoms with Gasteiger partial charge in [0.25, 0.3) is 5.91 Å². The molecule has 226 valence electrons. The number of benzene rings is 2. The quantitative estimate of drug-likeness (QED) is 0.232. The number of aryl methyl sites for hydroxylation is 1. The van der Waals surface area contributed by atoms with Crippen molar-refractivity contribution in [1.82, 2.24) is 19.7 Å². The van der Waals surface area contributed by atoms with Gasteiger partial charge in [-0.15, -0.1) is 0 Å². The summed E-state index contributed by atoms with van der Waals surface area (Å²) in [7, 11) is 1.61. The Hall–Kier alpha value is -4.22. The fourth-order valence-corrected chi connectivity index (χ4v) is 4.22. The van der Waals surface area contributed by atoms with Gasteiger partial charge in [0, 0.05) is 31.6 Å². The number of hydrogen-bond acceptors (Lipinski definition) is 4. The predicted molar refractivity (Wildman–Crippen MR) is 150 cm³/mol. The number of carbonyl (C=O) groups excluding carboxylic acids is 1. The molecule has 0 aliphatic rings. The van der Waals surface area contributed by atoms with Crippen molar-refractivity contribution in [2.24, 2.45) is 13.0 Å². The zero-order chi connectivity index (χ0) is 31.4. The molecule has 0 saturated carbocycles. The molecule has 0 radical (unpaired) electrons. The summed E-state index contributed by atoms with van der Waals surface area (Å²) in [6.45, 7) is 7.82. The van der Waals surface area contributed by atoms with Crippen LogP contribution in [0, 0.1) is 5.92 Å². The maximum Gasteiger partial charge on any atom is 0.416 e. The second-order valence-corrected chi connectivity index (χ2v) is 9.90. The summed E-state index contributed by atoms with van der Waals surface area (Å²) < 4.78 is 76.3. The number of alkyl halides is 5. The van der Waals surface area contributed by atoms with Crippen LogP contribution in [0.5, 0.6) is 5.75 Å². The highest BCUT2D eigenvalue weighted by atomic mass is 19.4. The van der Waals surface area contributed by atoms with Crippen LogP contribution in [-0.2, 0) is 18.0 Å². The van der Waals surface area contributed by atoms with Crippen molar-refractivity contribution in [3.63, 3.8) is 0 Å². The van der Waals surface area contributed by atoms with Crippen LogP contribution >= 0.6 is 0 Å². The van der Waals surface area contributed by atoms with Gasteiger partial charge < -0.3 is 14.6 Å². The van der Waals surface area contributed by atoms with Crippen LogP contribution in [0.25, 0.3) is 16.6 Å². The Balaban J connectivity index is 0.00000237. The Morgan fingerprint density at radius 2 is 1.62 bits per heavy atom. The molecule has 2 atom stereocenters. The highest BCUT2D eigenvalue weighted by Gasteiger charge is 2.38. The molecule has 12 heteroatoms. The highest BCUT2D eigenvalue weighted by Crippen LogP contribution is 2.34. The highest BCUT2D eigenvalue weighted by molar-refractivity contribution is 5.83. The molecule has 7 nitrogen and oxygen atoms in total. The van der Waals surface area contributed by atoms with Gasteiger partial charge in [-0.3, -0.25) is 9.59 Å². The smallest absolute Gasteiger partial charge is 0.416 e. The average Bonchev–Trinajstić information content (AvgIpc) is 3.35. The molecule has 0 spiro atoms. The van der Waals surface area contributed by atoms with Gasteiger partial charge in [0.05, 0.1) is 29.0 Å². The van der Waals surface area contributed by atoms with E-state index in [2.05, 4.69) is 10.4 Å². The lowest BCUT2D eigenvalue weighted by molar-refractivity contribution is -0.145. The lowest BCUT2D eigenvalue weighted by Crippen LogP contribution is -2.49. The van der Waals surface area contributed by atoms with Crippen molar-refractivity contribution in [2.75, 3.05) is 0 Å². The van der Waals surface area contributed by atoms with Crippen molar-refractivity contribution in [2.45, 2.75) is 58.9 Å². The Morgan fingerprint density at radius 1 is 0.976 bits per heavy atom. The number of nitrogens with one attached hydrogen (secondary N) is 1. The summed E-state index contributed by atoms with van der Waals surface area (Å²) in [6.07, 6.45) is -2.48. The molecule has 1 N–H and O–H groups in total. The molecule has 4 aromatic rings. The van der Waals surface area contributed by atoms with E-state index >= 15 is 0 Å². The summed E-state index contributed by atoms with van der Waals surface area (Å²) in [6, 6.07) is 11.1. The number of nitrogens with zero attached hydrogens (tertiary/aromatic N) is 3. The van der Waals surface area contributed by atoms with E-state index in [9.17, 15) is 31.5 Å². The van der Waals surface area contributed by atoms with Crippen molar-refractivity contribution in [3.8, 4) is 11.4 Å². The van der Waals surface area contributed by atoms with Crippen LogP contribution in [0.4, 0.5) is 22.0 Å². The van der Waals surface area contributed by atoms with Gasteiger partial charge >= 0.3 is 12.1 Å². The molecular formula is C30H33F5N4O3. The van der Waals surface area contributed by atoms with Crippen LogP contribution in [0.2, 0.25) is 0 Å². The third kappa shape index (κ3) is 7.34. The summed E-state index contributed by atoms with van der Waals surface area (Å²) >= 11 is 0. The molecule has 0 aliphatic carbocycles. The van der Waals surface area contributed by atoms with E-state index in [1.54, 1.807) is 62.2 Å². The molecule has 0 saturated heterocycles. The predicted octanol–water partition coefficient (Wildman–Crippen LogP) is 6.69. The zero-order valence-electron chi connectivity index (χ0n) is 24.0. The van der Waals surface area contributed by atoms with E-state index in [-0.39, 0.29) is 16.9 Å².